The third-order valence-electron chi connectivity index (χ3n) is 3.25. The number of halogens is 3. The van der Waals surface area contributed by atoms with Gasteiger partial charge >= 0.3 is 0 Å². The molecule has 1 aromatic heterocycles. The number of benzene rings is 2. The molecule has 122 valence electrons. The molecule has 3 rings (SSSR count). The third-order valence-corrected chi connectivity index (χ3v) is 4.72. The Balaban J connectivity index is 2.11. The van der Waals surface area contributed by atoms with Crippen LogP contribution < -0.4 is 4.80 Å². The quantitative estimate of drug-likeness (QED) is 0.568. The summed E-state index contributed by atoms with van der Waals surface area (Å²) < 4.78 is 15.0. The average Bonchev–Trinajstić information content (AvgIpc) is 2.98. The van der Waals surface area contributed by atoms with Crippen LogP contribution in [-0.4, -0.2) is 17.9 Å². The lowest BCUT2D eigenvalue weighted by Crippen LogP contribution is -2.11. The van der Waals surface area contributed by atoms with Gasteiger partial charge in [-0.3, -0.25) is 4.99 Å². The van der Waals surface area contributed by atoms with Crippen LogP contribution in [0.15, 0.2) is 57.9 Å². The molecule has 0 aliphatic rings. The Morgan fingerprint density at radius 2 is 2.00 bits per heavy atom. The van der Waals surface area contributed by atoms with Crippen LogP contribution in [0.5, 0.6) is 0 Å². The SMILES string of the molecule is CN=c1scc(-c2cc(Cl)ccc2Cl)n1N=Cc1cccc(F)c1. The van der Waals surface area contributed by atoms with Gasteiger partial charge in [0.05, 0.1) is 16.9 Å². The van der Waals surface area contributed by atoms with Crippen molar-refractivity contribution in [3.63, 3.8) is 0 Å². The zero-order valence-electron chi connectivity index (χ0n) is 12.6. The van der Waals surface area contributed by atoms with E-state index in [1.165, 1.54) is 23.5 Å². The number of aromatic nitrogens is 1. The molecule has 0 unspecified atom stereocenters. The van der Waals surface area contributed by atoms with Gasteiger partial charge in [0.15, 0.2) is 0 Å². The maximum atomic E-state index is 13.3. The lowest BCUT2D eigenvalue weighted by molar-refractivity contribution is 0.627. The maximum absolute atomic E-state index is 13.3. The second-order valence-corrected chi connectivity index (χ2v) is 6.54. The summed E-state index contributed by atoms with van der Waals surface area (Å²) in [4.78, 5) is 4.90. The molecule has 24 heavy (non-hydrogen) atoms. The van der Waals surface area contributed by atoms with Gasteiger partial charge in [0.2, 0.25) is 4.80 Å². The summed E-state index contributed by atoms with van der Waals surface area (Å²) in [6.07, 6.45) is 1.58. The van der Waals surface area contributed by atoms with Crippen LogP contribution in [0.1, 0.15) is 5.56 Å². The van der Waals surface area contributed by atoms with E-state index in [0.717, 1.165) is 11.3 Å². The van der Waals surface area contributed by atoms with Crippen molar-refractivity contribution in [2.45, 2.75) is 0 Å². The molecule has 0 spiro atoms. The van der Waals surface area contributed by atoms with Gasteiger partial charge < -0.3 is 0 Å². The fraction of sp³-hybridized carbons (Fsp3) is 0.0588. The highest BCUT2D eigenvalue weighted by molar-refractivity contribution is 7.07. The zero-order chi connectivity index (χ0) is 17.1. The Labute approximate surface area is 152 Å². The van der Waals surface area contributed by atoms with Gasteiger partial charge in [0.25, 0.3) is 0 Å². The summed E-state index contributed by atoms with van der Waals surface area (Å²) in [5, 5.41) is 7.49. The van der Waals surface area contributed by atoms with Crippen molar-refractivity contribution in [1.29, 1.82) is 0 Å². The van der Waals surface area contributed by atoms with Crippen molar-refractivity contribution in [2.24, 2.45) is 10.1 Å². The van der Waals surface area contributed by atoms with Crippen molar-refractivity contribution in [2.75, 3.05) is 7.05 Å². The van der Waals surface area contributed by atoms with Gasteiger partial charge in [-0.15, -0.1) is 11.3 Å². The second-order valence-electron chi connectivity index (χ2n) is 4.86. The number of rotatable bonds is 3. The van der Waals surface area contributed by atoms with E-state index in [-0.39, 0.29) is 5.82 Å². The molecule has 0 fully saturated rings. The molecular weight excluding hydrogens is 368 g/mol. The molecule has 7 heteroatoms. The lowest BCUT2D eigenvalue weighted by Gasteiger charge is -2.06. The van der Waals surface area contributed by atoms with Crippen molar-refractivity contribution in [3.05, 3.63) is 74.1 Å². The molecule has 3 aromatic rings. The fourth-order valence-electron chi connectivity index (χ4n) is 2.15. The average molecular weight is 380 g/mol. The first-order valence-corrected chi connectivity index (χ1v) is 8.61. The smallest absolute Gasteiger partial charge is 0.205 e. The fourth-order valence-corrected chi connectivity index (χ4v) is 3.33. The lowest BCUT2D eigenvalue weighted by atomic mass is 10.2. The first kappa shape index (κ1) is 16.9. The van der Waals surface area contributed by atoms with Gasteiger partial charge in [0, 0.05) is 23.0 Å². The van der Waals surface area contributed by atoms with E-state index >= 15 is 0 Å². The van der Waals surface area contributed by atoms with Crippen LogP contribution in [0.4, 0.5) is 4.39 Å². The van der Waals surface area contributed by atoms with Crippen molar-refractivity contribution in [3.8, 4) is 11.3 Å². The van der Waals surface area contributed by atoms with E-state index in [4.69, 9.17) is 23.2 Å². The summed E-state index contributed by atoms with van der Waals surface area (Å²) in [5.74, 6) is -0.312. The molecule has 0 aliphatic heterocycles. The van der Waals surface area contributed by atoms with Crippen LogP contribution >= 0.6 is 34.5 Å². The van der Waals surface area contributed by atoms with Crippen LogP contribution in [0.3, 0.4) is 0 Å². The molecule has 0 amide bonds. The minimum absolute atomic E-state index is 0.312. The van der Waals surface area contributed by atoms with E-state index in [0.29, 0.717) is 20.4 Å². The topological polar surface area (TPSA) is 29.6 Å². The van der Waals surface area contributed by atoms with Crippen molar-refractivity contribution >= 4 is 40.8 Å². The van der Waals surface area contributed by atoms with E-state index in [1.54, 1.807) is 48.3 Å². The highest BCUT2D eigenvalue weighted by atomic mass is 35.5. The molecule has 0 saturated heterocycles. The third kappa shape index (κ3) is 3.59. The highest BCUT2D eigenvalue weighted by Crippen LogP contribution is 2.30. The Hall–Kier alpha value is -1.95. The van der Waals surface area contributed by atoms with E-state index < -0.39 is 0 Å². The van der Waals surface area contributed by atoms with Gasteiger partial charge in [0.1, 0.15) is 5.82 Å². The molecule has 2 aromatic carbocycles. The predicted molar refractivity (Wildman–Crippen MR) is 98.6 cm³/mol. The zero-order valence-corrected chi connectivity index (χ0v) is 14.9. The maximum Gasteiger partial charge on any atom is 0.205 e. The normalized spacial score (nSPS) is 12.2. The largest absolute Gasteiger partial charge is 0.261 e. The minimum atomic E-state index is -0.312. The molecule has 0 saturated carbocycles. The summed E-state index contributed by atoms with van der Waals surface area (Å²) in [7, 11) is 1.68. The number of hydrogen-bond acceptors (Lipinski definition) is 3. The van der Waals surface area contributed by atoms with Crippen LogP contribution in [0, 0.1) is 5.82 Å². The first-order chi connectivity index (χ1) is 11.6. The minimum Gasteiger partial charge on any atom is -0.261 e. The van der Waals surface area contributed by atoms with E-state index in [2.05, 4.69) is 10.1 Å². The van der Waals surface area contributed by atoms with Crippen molar-refractivity contribution in [1.82, 2.24) is 4.68 Å². The van der Waals surface area contributed by atoms with Gasteiger partial charge in [-0.1, -0.05) is 35.3 Å². The summed E-state index contributed by atoms with van der Waals surface area (Å²) in [6.45, 7) is 0. The van der Waals surface area contributed by atoms with Crippen LogP contribution in [0.2, 0.25) is 10.0 Å². The first-order valence-electron chi connectivity index (χ1n) is 6.97. The van der Waals surface area contributed by atoms with Crippen molar-refractivity contribution < 1.29 is 4.39 Å². The van der Waals surface area contributed by atoms with E-state index in [1.807, 2.05) is 5.38 Å². The molecule has 0 N–H and O–H groups in total. The van der Waals surface area contributed by atoms with Gasteiger partial charge in [-0.2, -0.15) is 5.10 Å². The summed E-state index contributed by atoms with van der Waals surface area (Å²) in [5.41, 5.74) is 2.17. The molecule has 0 atom stereocenters. The van der Waals surface area contributed by atoms with Gasteiger partial charge in [-0.25, -0.2) is 9.07 Å². The Morgan fingerprint density at radius 3 is 2.75 bits per heavy atom. The Kier molecular flexibility index (Phi) is 5.14. The summed E-state index contributed by atoms with van der Waals surface area (Å²) in [6, 6.07) is 11.4. The molecular formula is C17H12Cl2FN3S. The molecule has 1 heterocycles. The molecule has 0 bridgehead atoms. The van der Waals surface area contributed by atoms with Crippen LogP contribution in [0.25, 0.3) is 11.3 Å². The van der Waals surface area contributed by atoms with Gasteiger partial charge in [-0.05, 0) is 35.9 Å². The molecule has 0 radical (unpaired) electrons. The number of hydrogen-bond donors (Lipinski definition) is 0. The van der Waals surface area contributed by atoms with Crippen LogP contribution in [-0.2, 0) is 0 Å². The predicted octanol–water partition coefficient (Wildman–Crippen LogP) is 5.08. The number of thiazole rings is 1. The number of nitrogens with zero attached hydrogens (tertiary/aromatic N) is 3. The highest BCUT2D eigenvalue weighted by Gasteiger charge is 2.11. The van der Waals surface area contributed by atoms with E-state index in [9.17, 15) is 4.39 Å². The Morgan fingerprint density at radius 1 is 1.17 bits per heavy atom. The summed E-state index contributed by atoms with van der Waals surface area (Å²) >= 11 is 13.8. The Bertz CT molecular complexity index is 976. The molecule has 3 nitrogen and oxygen atoms in total. The standard InChI is InChI=1S/C17H12Cl2FN3S/c1-21-17-23(22-9-11-3-2-4-13(20)7-11)16(10-24-17)14-8-12(18)5-6-15(14)19/h2-10H,1H3. The molecule has 0 aliphatic carbocycles. The second kappa shape index (κ2) is 7.30. The monoisotopic (exact) mass is 379 g/mol.